The highest BCUT2D eigenvalue weighted by molar-refractivity contribution is 7.84. The van der Waals surface area contributed by atoms with Crippen molar-refractivity contribution in [3.63, 3.8) is 0 Å². The Kier molecular flexibility index (Phi) is 8.36. The van der Waals surface area contributed by atoms with Crippen molar-refractivity contribution in [3.05, 3.63) is 0 Å². The molecule has 0 heterocycles. The third kappa shape index (κ3) is 8.98. The van der Waals surface area contributed by atoms with E-state index in [1.54, 1.807) is 13.2 Å². The highest BCUT2D eigenvalue weighted by atomic mass is 32.2. The molecular formula is C11H22N2O4S. The van der Waals surface area contributed by atoms with Crippen molar-refractivity contribution in [2.75, 3.05) is 18.6 Å². The molecule has 0 aromatic heterocycles. The van der Waals surface area contributed by atoms with Gasteiger partial charge in [-0.3, -0.25) is 9.00 Å². The van der Waals surface area contributed by atoms with E-state index in [1.807, 2.05) is 6.92 Å². The summed E-state index contributed by atoms with van der Waals surface area (Å²) in [5, 5.41) is 13.9. The number of urea groups is 1. The Morgan fingerprint density at radius 1 is 1.39 bits per heavy atom. The average molecular weight is 278 g/mol. The van der Waals surface area contributed by atoms with Gasteiger partial charge in [0.2, 0.25) is 0 Å². The lowest BCUT2D eigenvalue weighted by atomic mass is 10.0. The van der Waals surface area contributed by atoms with Gasteiger partial charge in [-0.2, -0.15) is 0 Å². The molecule has 0 rings (SSSR count). The summed E-state index contributed by atoms with van der Waals surface area (Å²) >= 11 is 0. The maximum Gasteiger partial charge on any atom is 0.315 e. The molecule has 106 valence electrons. The molecule has 3 unspecified atom stereocenters. The Labute approximate surface area is 110 Å². The fourth-order valence-corrected chi connectivity index (χ4v) is 2.30. The van der Waals surface area contributed by atoms with Gasteiger partial charge in [-0.25, -0.2) is 4.79 Å². The molecule has 0 aliphatic rings. The SMILES string of the molecule is CCC(CNC(=O)NC(C)CS(C)=O)CC(=O)O. The maximum atomic E-state index is 11.5. The minimum atomic E-state index is -0.954. The number of hydrogen-bond acceptors (Lipinski definition) is 3. The van der Waals surface area contributed by atoms with Crippen LogP contribution in [0.2, 0.25) is 0 Å². The van der Waals surface area contributed by atoms with E-state index in [0.717, 1.165) is 0 Å². The molecule has 2 amide bonds. The number of nitrogens with one attached hydrogen (secondary N) is 2. The molecule has 0 aliphatic carbocycles. The lowest BCUT2D eigenvalue weighted by Gasteiger charge is -2.16. The average Bonchev–Trinajstić information content (AvgIpc) is 2.22. The van der Waals surface area contributed by atoms with Gasteiger partial charge in [0, 0.05) is 41.8 Å². The van der Waals surface area contributed by atoms with Crippen molar-refractivity contribution in [3.8, 4) is 0 Å². The number of rotatable bonds is 8. The number of carbonyl (C=O) groups excluding carboxylic acids is 1. The second-order valence-electron chi connectivity index (χ2n) is 4.37. The van der Waals surface area contributed by atoms with E-state index in [4.69, 9.17) is 5.11 Å². The summed E-state index contributed by atoms with van der Waals surface area (Å²) in [4.78, 5) is 22.0. The van der Waals surface area contributed by atoms with Crippen molar-refractivity contribution in [2.45, 2.75) is 32.7 Å². The molecule has 0 bridgehead atoms. The van der Waals surface area contributed by atoms with Gasteiger partial charge in [0.05, 0.1) is 0 Å². The summed E-state index contributed by atoms with van der Waals surface area (Å²) in [7, 11) is -0.954. The zero-order valence-electron chi connectivity index (χ0n) is 11.1. The van der Waals surface area contributed by atoms with Crippen molar-refractivity contribution < 1.29 is 18.9 Å². The van der Waals surface area contributed by atoms with Crippen molar-refractivity contribution in [2.24, 2.45) is 5.92 Å². The fourth-order valence-electron chi connectivity index (χ4n) is 1.51. The standard InChI is InChI=1S/C11H22N2O4S/c1-4-9(5-10(14)15)6-12-11(16)13-8(2)7-18(3)17/h8-9H,4-7H2,1-3H3,(H,14,15)(H2,12,13,16). The van der Waals surface area contributed by atoms with Crippen LogP contribution in [-0.2, 0) is 15.6 Å². The molecule has 0 fully saturated rings. The first-order valence-electron chi connectivity index (χ1n) is 5.91. The van der Waals surface area contributed by atoms with Crippen LogP contribution < -0.4 is 10.6 Å². The van der Waals surface area contributed by atoms with E-state index in [1.165, 1.54) is 0 Å². The lowest BCUT2D eigenvalue weighted by Crippen LogP contribution is -2.44. The second kappa shape index (κ2) is 8.91. The largest absolute Gasteiger partial charge is 0.481 e. The normalized spacial score (nSPS) is 15.5. The molecule has 18 heavy (non-hydrogen) atoms. The van der Waals surface area contributed by atoms with Gasteiger partial charge in [0.25, 0.3) is 0 Å². The summed E-state index contributed by atoms with van der Waals surface area (Å²) in [5.41, 5.74) is 0. The molecule has 7 heteroatoms. The number of carboxylic acid groups (broad SMARTS) is 1. The van der Waals surface area contributed by atoms with E-state index in [-0.39, 0.29) is 24.4 Å². The Balaban J connectivity index is 3.93. The van der Waals surface area contributed by atoms with Crippen LogP contribution >= 0.6 is 0 Å². The molecule has 0 aromatic rings. The molecule has 0 saturated carbocycles. The number of aliphatic carboxylic acids is 1. The van der Waals surface area contributed by atoms with Gasteiger partial charge in [-0.15, -0.1) is 0 Å². The molecule has 6 nitrogen and oxygen atoms in total. The second-order valence-corrected chi connectivity index (χ2v) is 5.85. The third-order valence-electron chi connectivity index (χ3n) is 2.45. The predicted molar refractivity (Wildman–Crippen MR) is 71.0 cm³/mol. The number of hydrogen-bond donors (Lipinski definition) is 3. The van der Waals surface area contributed by atoms with E-state index in [2.05, 4.69) is 10.6 Å². The first kappa shape index (κ1) is 16.9. The topological polar surface area (TPSA) is 95.5 Å². The van der Waals surface area contributed by atoms with Gasteiger partial charge in [0.15, 0.2) is 0 Å². The number of amides is 2. The van der Waals surface area contributed by atoms with E-state index in [9.17, 15) is 13.8 Å². The number of carboxylic acids is 1. The molecule has 0 spiro atoms. The van der Waals surface area contributed by atoms with Crippen LogP contribution in [0.25, 0.3) is 0 Å². The van der Waals surface area contributed by atoms with Gasteiger partial charge in [0.1, 0.15) is 0 Å². The Morgan fingerprint density at radius 3 is 2.44 bits per heavy atom. The smallest absolute Gasteiger partial charge is 0.315 e. The molecule has 0 saturated heterocycles. The summed E-state index contributed by atoms with van der Waals surface area (Å²) < 4.78 is 10.9. The molecule has 3 N–H and O–H groups in total. The quantitative estimate of drug-likeness (QED) is 0.604. The zero-order chi connectivity index (χ0) is 14.1. The number of carbonyl (C=O) groups is 2. The molecule has 0 aromatic carbocycles. The van der Waals surface area contributed by atoms with Crippen molar-refractivity contribution >= 4 is 22.8 Å². The lowest BCUT2D eigenvalue weighted by molar-refractivity contribution is -0.138. The maximum absolute atomic E-state index is 11.5. The molecule has 0 radical (unpaired) electrons. The highest BCUT2D eigenvalue weighted by Crippen LogP contribution is 2.06. The summed E-state index contributed by atoms with van der Waals surface area (Å²) in [6, 6.07) is -0.521. The minimum absolute atomic E-state index is 0.0469. The van der Waals surface area contributed by atoms with Gasteiger partial charge >= 0.3 is 12.0 Å². The molecule has 0 aliphatic heterocycles. The Morgan fingerprint density at radius 2 is 2.00 bits per heavy atom. The van der Waals surface area contributed by atoms with Gasteiger partial charge < -0.3 is 15.7 Å². The van der Waals surface area contributed by atoms with Crippen molar-refractivity contribution in [1.82, 2.24) is 10.6 Å². The fraction of sp³-hybridized carbons (Fsp3) is 0.818. The van der Waals surface area contributed by atoms with Crippen LogP contribution in [0.5, 0.6) is 0 Å². The van der Waals surface area contributed by atoms with Crippen molar-refractivity contribution in [1.29, 1.82) is 0 Å². The summed E-state index contributed by atoms with van der Waals surface area (Å²) in [6.45, 7) is 3.99. The minimum Gasteiger partial charge on any atom is -0.481 e. The van der Waals surface area contributed by atoms with Crippen LogP contribution in [-0.4, -0.2) is 45.9 Å². The molecule has 3 atom stereocenters. The third-order valence-corrected chi connectivity index (χ3v) is 3.42. The Bertz CT molecular complexity index is 309. The zero-order valence-corrected chi connectivity index (χ0v) is 11.9. The monoisotopic (exact) mass is 278 g/mol. The van der Waals surface area contributed by atoms with Crippen LogP contribution in [0.1, 0.15) is 26.7 Å². The highest BCUT2D eigenvalue weighted by Gasteiger charge is 2.13. The first-order chi connectivity index (χ1) is 8.35. The van der Waals surface area contributed by atoms with Gasteiger partial charge in [-0.05, 0) is 12.8 Å². The van der Waals surface area contributed by atoms with Crippen LogP contribution in [0.15, 0.2) is 0 Å². The van der Waals surface area contributed by atoms with Crippen LogP contribution in [0, 0.1) is 5.92 Å². The first-order valence-corrected chi connectivity index (χ1v) is 7.64. The van der Waals surface area contributed by atoms with E-state index < -0.39 is 16.8 Å². The Hall–Kier alpha value is -1.11. The molecular weight excluding hydrogens is 256 g/mol. The summed E-state index contributed by atoms with van der Waals surface area (Å²) in [5.74, 6) is -0.526. The van der Waals surface area contributed by atoms with Crippen LogP contribution in [0.3, 0.4) is 0 Å². The van der Waals surface area contributed by atoms with Gasteiger partial charge in [-0.1, -0.05) is 13.3 Å². The van der Waals surface area contributed by atoms with E-state index >= 15 is 0 Å². The predicted octanol–water partition coefficient (Wildman–Crippen LogP) is 0.553. The van der Waals surface area contributed by atoms with Crippen LogP contribution in [0.4, 0.5) is 4.79 Å². The summed E-state index contributed by atoms with van der Waals surface area (Å²) in [6.07, 6.45) is 2.32. The van der Waals surface area contributed by atoms with E-state index in [0.29, 0.717) is 18.7 Å².